The van der Waals surface area contributed by atoms with Crippen molar-refractivity contribution in [1.29, 1.82) is 0 Å². The lowest BCUT2D eigenvalue weighted by Gasteiger charge is -2.56. The van der Waals surface area contributed by atoms with Crippen LogP contribution in [0.1, 0.15) is 17.7 Å². The normalized spacial score (nSPS) is 20.1. The fourth-order valence-corrected chi connectivity index (χ4v) is 4.96. The van der Waals surface area contributed by atoms with E-state index in [0.717, 1.165) is 53.4 Å². The second-order valence-electron chi connectivity index (χ2n) is 9.02. The van der Waals surface area contributed by atoms with E-state index in [1.807, 2.05) is 36.4 Å². The molecule has 3 aliphatic heterocycles. The second kappa shape index (κ2) is 8.16. The third kappa shape index (κ3) is 4.03. The van der Waals surface area contributed by atoms with Crippen molar-refractivity contribution in [3.63, 3.8) is 0 Å². The summed E-state index contributed by atoms with van der Waals surface area (Å²) < 4.78 is 38.3. The van der Waals surface area contributed by atoms with Crippen molar-refractivity contribution < 1.29 is 13.2 Å². The van der Waals surface area contributed by atoms with Gasteiger partial charge in [-0.15, -0.1) is 0 Å². The molecule has 3 aromatic heterocycles. The summed E-state index contributed by atoms with van der Waals surface area (Å²) in [6, 6.07) is 14.8. The third-order valence-electron chi connectivity index (χ3n) is 6.79. The minimum absolute atomic E-state index is 0.334. The number of benzene rings is 1. The largest absolute Gasteiger partial charge is 0.433 e. The zero-order valence-corrected chi connectivity index (χ0v) is 18.7. The van der Waals surface area contributed by atoms with Gasteiger partial charge < -0.3 is 10.6 Å². The molecule has 0 aliphatic carbocycles. The molecule has 0 saturated carbocycles. The van der Waals surface area contributed by atoms with Crippen molar-refractivity contribution in [3.05, 3.63) is 72.2 Å². The third-order valence-corrected chi connectivity index (χ3v) is 6.79. The fraction of sp³-hybridized carbons (Fsp3) is 0.280. The number of piperidine rings is 1. The molecule has 3 saturated heterocycles. The Morgan fingerprint density at radius 2 is 1.71 bits per heavy atom. The van der Waals surface area contributed by atoms with Gasteiger partial charge >= 0.3 is 6.18 Å². The molecule has 0 spiro atoms. The lowest BCUT2D eigenvalue weighted by Crippen LogP contribution is -2.68. The molecule has 2 N–H and O–H groups in total. The standard InChI is InChI=1S/C25H22F3N7/c26-25(27,28)21-7-5-15(10-30-21)12-35-17-9-18(35)14-34(13-17)22-8-6-16(11-31-22)24-32-20-4-2-1-3-19(20)23(29)33-24/h1-8,10-11,17-18H,9,12-14H2,(H2,29,32,33). The van der Waals surface area contributed by atoms with E-state index in [4.69, 9.17) is 5.73 Å². The Balaban J connectivity index is 1.13. The van der Waals surface area contributed by atoms with Crippen LogP contribution in [0.25, 0.3) is 22.3 Å². The van der Waals surface area contributed by atoms with Crippen LogP contribution in [0.5, 0.6) is 0 Å². The number of nitrogen functional groups attached to an aromatic ring is 1. The molecular weight excluding hydrogens is 455 g/mol. The highest BCUT2D eigenvalue weighted by Crippen LogP contribution is 2.36. The molecule has 2 unspecified atom stereocenters. The van der Waals surface area contributed by atoms with E-state index in [0.29, 0.717) is 30.3 Å². The van der Waals surface area contributed by atoms with Gasteiger partial charge in [0.05, 0.1) is 5.52 Å². The van der Waals surface area contributed by atoms with Crippen LogP contribution in [0.4, 0.5) is 24.8 Å². The average molecular weight is 477 g/mol. The van der Waals surface area contributed by atoms with Gasteiger partial charge in [0.1, 0.15) is 17.3 Å². The number of piperazine rings is 1. The Morgan fingerprint density at radius 3 is 2.40 bits per heavy atom. The number of anilines is 2. The van der Waals surface area contributed by atoms with Gasteiger partial charge in [0, 0.05) is 55.1 Å². The summed E-state index contributed by atoms with van der Waals surface area (Å²) in [5, 5.41) is 0.824. The predicted molar refractivity (Wildman–Crippen MR) is 126 cm³/mol. The SMILES string of the molecule is Nc1nc(-c2ccc(N3CC4CC(C3)N4Cc3ccc(C(F)(F)F)nc3)nc2)nc2ccccc12. The molecule has 178 valence electrons. The fourth-order valence-electron chi connectivity index (χ4n) is 4.96. The minimum atomic E-state index is -4.41. The Bertz CT molecular complexity index is 1360. The predicted octanol–water partition coefficient (Wildman–Crippen LogP) is 4.15. The minimum Gasteiger partial charge on any atom is -0.383 e. The van der Waals surface area contributed by atoms with Crippen LogP contribution in [0, 0.1) is 0 Å². The number of hydrogen-bond acceptors (Lipinski definition) is 7. The van der Waals surface area contributed by atoms with E-state index in [1.54, 1.807) is 6.20 Å². The van der Waals surface area contributed by atoms with Crippen molar-refractivity contribution in [2.24, 2.45) is 0 Å². The summed E-state index contributed by atoms with van der Waals surface area (Å²) in [4.78, 5) is 21.9. The van der Waals surface area contributed by atoms with Crippen molar-refractivity contribution in [2.75, 3.05) is 23.7 Å². The summed E-state index contributed by atoms with van der Waals surface area (Å²) in [6.07, 6.45) is -0.240. The maximum absolute atomic E-state index is 12.8. The molecule has 7 rings (SSSR count). The lowest BCUT2D eigenvalue weighted by molar-refractivity contribution is -0.141. The smallest absolute Gasteiger partial charge is 0.383 e. The number of para-hydroxylation sites is 1. The second-order valence-corrected chi connectivity index (χ2v) is 9.02. The summed E-state index contributed by atoms with van der Waals surface area (Å²) >= 11 is 0. The summed E-state index contributed by atoms with van der Waals surface area (Å²) in [5.74, 6) is 1.86. The van der Waals surface area contributed by atoms with Crippen LogP contribution in [0.2, 0.25) is 0 Å². The van der Waals surface area contributed by atoms with Gasteiger partial charge in [-0.25, -0.2) is 15.0 Å². The van der Waals surface area contributed by atoms with Gasteiger partial charge in [-0.2, -0.15) is 13.2 Å². The number of nitrogens with two attached hydrogens (primary N) is 1. The summed E-state index contributed by atoms with van der Waals surface area (Å²) in [7, 11) is 0. The number of rotatable bonds is 4. The highest BCUT2D eigenvalue weighted by Gasteiger charge is 2.44. The van der Waals surface area contributed by atoms with E-state index >= 15 is 0 Å². The van der Waals surface area contributed by atoms with E-state index in [1.165, 1.54) is 12.3 Å². The number of nitrogens with zero attached hydrogens (tertiary/aromatic N) is 6. The summed E-state index contributed by atoms with van der Waals surface area (Å²) in [6.45, 7) is 2.23. The molecule has 2 atom stereocenters. The monoisotopic (exact) mass is 477 g/mol. The topological polar surface area (TPSA) is 84.1 Å². The number of halogens is 3. The highest BCUT2D eigenvalue weighted by atomic mass is 19.4. The van der Waals surface area contributed by atoms with Crippen LogP contribution in [0.3, 0.4) is 0 Å². The first-order chi connectivity index (χ1) is 16.8. The van der Waals surface area contributed by atoms with Gasteiger partial charge in [-0.05, 0) is 42.3 Å². The molecule has 0 radical (unpaired) electrons. The maximum atomic E-state index is 12.8. The van der Waals surface area contributed by atoms with Gasteiger partial charge in [0.15, 0.2) is 5.82 Å². The maximum Gasteiger partial charge on any atom is 0.433 e. The number of hydrogen-bond donors (Lipinski definition) is 1. The van der Waals surface area contributed by atoms with Crippen molar-refractivity contribution >= 4 is 22.5 Å². The molecular formula is C25H22F3N7. The lowest BCUT2D eigenvalue weighted by atomic mass is 9.87. The van der Waals surface area contributed by atoms with E-state index in [9.17, 15) is 13.2 Å². The van der Waals surface area contributed by atoms with E-state index < -0.39 is 11.9 Å². The number of pyridine rings is 2. The molecule has 10 heteroatoms. The van der Waals surface area contributed by atoms with E-state index in [-0.39, 0.29) is 0 Å². The zero-order chi connectivity index (χ0) is 24.2. The van der Waals surface area contributed by atoms with Crippen molar-refractivity contribution in [3.8, 4) is 11.4 Å². The van der Waals surface area contributed by atoms with Crippen LogP contribution < -0.4 is 10.6 Å². The van der Waals surface area contributed by atoms with Crippen molar-refractivity contribution in [2.45, 2.75) is 31.2 Å². The molecule has 4 aromatic rings. The highest BCUT2D eigenvalue weighted by molar-refractivity contribution is 5.89. The molecule has 7 nitrogen and oxygen atoms in total. The molecule has 2 bridgehead atoms. The van der Waals surface area contributed by atoms with Crippen molar-refractivity contribution in [1.82, 2.24) is 24.8 Å². The Kier molecular flexibility index (Phi) is 5.06. The molecule has 1 aromatic carbocycles. The molecule has 6 heterocycles. The van der Waals surface area contributed by atoms with Crippen LogP contribution in [0.15, 0.2) is 60.9 Å². The number of alkyl halides is 3. The van der Waals surface area contributed by atoms with Crippen LogP contribution in [-0.4, -0.2) is 50.0 Å². The van der Waals surface area contributed by atoms with Gasteiger partial charge in [-0.1, -0.05) is 18.2 Å². The Hall–Kier alpha value is -3.79. The Morgan fingerprint density at radius 1 is 0.914 bits per heavy atom. The number of aromatic nitrogens is 4. The average Bonchev–Trinajstić information content (AvgIpc) is 2.87. The van der Waals surface area contributed by atoms with Gasteiger partial charge in [0.25, 0.3) is 0 Å². The first-order valence-electron chi connectivity index (χ1n) is 11.4. The quantitative estimate of drug-likeness (QED) is 0.473. The van der Waals surface area contributed by atoms with Crippen LogP contribution in [-0.2, 0) is 12.7 Å². The van der Waals surface area contributed by atoms with Crippen LogP contribution >= 0.6 is 0 Å². The molecule has 0 amide bonds. The molecule has 3 fully saturated rings. The molecule has 3 aliphatic rings. The van der Waals surface area contributed by atoms with E-state index in [2.05, 4.69) is 29.7 Å². The first kappa shape index (κ1) is 21.7. The zero-order valence-electron chi connectivity index (χ0n) is 18.7. The Labute approximate surface area is 199 Å². The van der Waals surface area contributed by atoms with Gasteiger partial charge in [-0.3, -0.25) is 9.88 Å². The number of fused-ring (bicyclic) bond motifs is 3. The first-order valence-corrected chi connectivity index (χ1v) is 11.4. The molecule has 35 heavy (non-hydrogen) atoms. The summed E-state index contributed by atoms with van der Waals surface area (Å²) in [5.41, 5.74) is 7.64. The van der Waals surface area contributed by atoms with Gasteiger partial charge in [0.2, 0.25) is 0 Å².